The monoisotopic (exact) mass is 465 g/mol. The van der Waals surface area contributed by atoms with Crippen molar-refractivity contribution in [2.45, 2.75) is 43.9 Å². The summed E-state index contributed by atoms with van der Waals surface area (Å²) < 4.78 is 33.3. The van der Waals surface area contributed by atoms with Crippen molar-refractivity contribution >= 4 is 40.3 Å². The largest absolute Gasteiger partial charge is 0.497 e. The van der Waals surface area contributed by atoms with E-state index >= 15 is 0 Å². The molecule has 0 aliphatic carbocycles. The van der Waals surface area contributed by atoms with Crippen molar-refractivity contribution in [2.24, 2.45) is 0 Å². The minimum Gasteiger partial charge on any atom is -0.497 e. The molecule has 1 aromatic rings. The Balaban J connectivity index is 2.83. The first-order valence-electron chi connectivity index (χ1n) is 9.02. The Labute approximate surface area is 177 Å². The van der Waals surface area contributed by atoms with Crippen LogP contribution in [-0.2, 0) is 26.6 Å². The molecule has 0 saturated heterocycles. The molecular formula is C17H28N3O6PS2. The van der Waals surface area contributed by atoms with Gasteiger partial charge in [0.2, 0.25) is 5.91 Å². The first-order chi connectivity index (χ1) is 13.5. The smallest absolute Gasteiger partial charge is 0.337 e. The summed E-state index contributed by atoms with van der Waals surface area (Å²) in [6.07, 6.45) is 3.73. The SMILES string of the molecule is CCCCCCC(=O)N(C)P(O)(=S)N(C)C(=O)NS(=O)(=O)c1ccc(OC)cc1. The third-order valence-electron chi connectivity index (χ3n) is 4.27. The Morgan fingerprint density at radius 2 is 1.72 bits per heavy atom. The number of benzene rings is 1. The maximum absolute atomic E-state index is 12.4. The highest BCUT2D eigenvalue weighted by Crippen LogP contribution is 2.47. The average Bonchev–Trinajstić information content (AvgIpc) is 2.69. The first-order valence-corrected chi connectivity index (χ1v) is 13.2. The van der Waals surface area contributed by atoms with Crippen LogP contribution in [0.15, 0.2) is 29.2 Å². The minimum atomic E-state index is -4.20. The molecule has 164 valence electrons. The molecule has 0 aliphatic heterocycles. The molecule has 1 atom stereocenters. The molecule has 0 bridgehead atoms. The summed E-state index contributed by atoms with van der Waals surface area (Å²) in [5, 5.41) is 0. The van der Waals surface area contributed by atoms with Crippen LogP contribution in [-0.4, -0.2) is 55.8 Å². The molecule has 1 aromatic carbocycles. The lowest BCUT2D eigenvalue weighted by molar-refractivity contribution is -0.126. The summed E-state index contributed by atoms with van der Waals surface area (Å²) >= 11 is 5.11. The zero-order valence-electron chi connectivity index (χ0n) is 17.0. The summed E-state index contributed by atoms with van der Waals surface area (Å²) in [4.78, 5) is 35.1. The number of ether oxygens (including phenoxy) is 1. The van der Waals surface area contributed by atoms with Gasteiger partial charge in [0, 0.05) is 20.5 Å². The second-order valence-electron chi connectivity index (χ2n) is 6.35. The predicted molar refractivity (Wildman–Crippen MR) is 115 cm³/mol. The second-order valence-corrected chi connectivity index (χ2v) is 11.7. The fourth-order valence-corrected chi connectivity index (χ4v) is 4.95. The van der Waals surface area contributed by atoms with Crippen molar-refractivity contribution < 1.29 is 27.6 Å². The lowest BCUT2D eigenvalue weighted by Gasteiger charge is -2.33. The molecule has 29 heavy (non-hydrogen) atoms. The Morgan fingerprint density at radius 1 is 1.14 bits per heavy atom. The zero-order chi connectivity index (χ0) is 22.2. The Bertz CT molecular complexity index is 860. The van der Waals surface area contributed by atoms with E-state index < -0.39 is 28.5 Å². The summed E-state index contributed by atoms with van der Waals surface area (Å²) in [6, 6.07) is 4.29. The quantitative estimate of drug-likeness (QED) is 0.403. The lowest BCUT2D eigenvalue weighted by Crippen LogP contribution is -2.42. The van der Waals surface area contributed by atoms with Gasteiger partial charge in [0.15, 0.2) is 0 Å². The van der Waals surface area contributed by atoms with Gasteiger partial charge in [-0.25, -0.2) is 17.9 Å². The maximum Gasteiger partial charge on any atom is 0.337 e. The van der Waals surface area contributed by atoms with Crippen molar-refractivity contribution in [3.8, 4) is 5.75 Å². The van der Waals surface area contributed by atoms with E-state index in [2.05, 4.69) is 6.92 Å². The minimum absolute atomic E-state index is 0.161. The van der Waals surface area contributed by atoms with Crippen LogP contribution >= 0.6 is 6.57 Å². The highest BCUT2D eigenvalue weighted by Gasteiger charge is 2.34. The van der Waals surface area contributed by atoms with E-state index in [0.29, 0.717) is 16.8 Å². The number of hydrogen-bond acceptors (Lipinski definition) is 6. The fraction of sp³-hybridized carbons (Fsp3) is 0.529. The van der Waals surface area contributed by atoms with Gasteiger partial charge in [0.05, 0.1) is 12.0 Å². The first kappa shape index (κ1) is 25.4. The molecule has 9 nitrogen and oxygen atoms in total. The summed E-state index contributed by atoms with van der Waals surface area (Å²) in [6.45, 7) is -1.73. The number of unbranched alkanes of at least 4 members (excludes halogenated alkanes) is 3. The van der Waals surface area contributed by atoms with Gasteiger partial charge in [0.1, 0.15) is 5.75 Å². The Morgan fingerprint density at radius 3 is 2.24 bits per heavy atom. The number of hydrogen-bond donors (Lipinski definition) is 2. The summed E-state index contributed by atoms with van der Waals surface area (Å²) in [7, 11) is -0.292. The molecule has 0 spiro atoms. The number of sulfonamides is 1. The second kappa shape index (κ2) is 10.9. The molecule has 0 aliphatic rings. The normalized spacial score (nSPS) is 13.3. The molecule has 0 heterocycles. The number of carbonyl (C=O) groups is 2. The van der Waals surface area contributed by atoms with Gasteiger partial charge < -0.3 is 9.63 Å². The van der Waals surface area contributed by atoms with E-state index in [1.54, 1.807) is 0 Å². The highest BCUT2D eigenvalue weighted by molar-refractivity contribution is 8.10. The Kier molecular flexibility index (Phi) is 9.54. The molecule has 12 heteroatoms. The lowest BCUT2D eigenvalue weighted by atomic mass is 10.1. The van der Waals surface area contributed by atoms with Gasteiger partial charge in [-0.3, -0.25) is 14.1 Å². The van der Waals surface area contributed by atoms with Crippen LogP contribution in [0, 0.1) is 0 Å². The number of methoxy groups -OCH3 is 1. The molecule has 0 saturated carbocycles. The van der Waals surface area contributed by atoms with Gasteiger partial charge in [-0.15, -0.1) is 0 Å². The molecule has 2 N–H and O–H groups in total. The standard InChI is InChI=1S/C17H28N3O6PS2/c1-5-6-7-8-9-16(21)19(2)27(23,28)20(3)17(22)18-29(24,25)15-12-10-14(26-4)11-13-15/h10-13H,5-9H2,1-4H3,(H,18,22)(H,23,28). The molecule has 1 unspecified atom stereocenters. The van der Waals surface area contributed by atoms with Crippen molar-refractivity contribution in [1.82, 2.24) is 14.1 Å². The van der Waals surface area contributed by atoms with Gasteiger partial charge in [-0.2, -0.15) is 0 Å². The van der Waals surface area contributed by atoms with E-state index in [9.17, 15) is 22.9 Å². The van der Waals surface area contributed by atoms with Gasteiger partial charge in [-0.05, 0) is 42.5 Å². The van der Waals surface area contributed by atoms with Crippen molar-refractivity contribution in [2.75, 3.05) is 21.2 Å². The maximum atomic E-state index is 12.4. The van der Waals surface area contributed by atoms with Gasteiger partial charge in [0.25, 0.3) is 16.6 Å². The predicted octanol–water partition coefficient (Wildman–Crippen LogP) is 2.67. The van der Waals surface area contributed by atoms with Crippen LogP contribution in [0.25, 0.3) is 0 Å². The van der Waals surface area contributed by atoms with Crippen molar-refractivity contribution in [1.29, 1.82) is 0 Å². The number of urea groups is 1. The Hall–Kier alpha value is -1.68. The molecule has 0 fully saturated rings. The number of nitrogens with one attached hydrogen (secondary N) is 1. The third-order valence-corrected chi connectivity index (χ3v) is 9.05. The van der Waals surface area contributed by atoms with Crippen LogP contribution in [0.4, 0.5) is 4.79 Å². The van der Waals surface area contributed by atoms with Gasteiger partial charge >= 0.3 is 6.03 Å². The highest BCUT2D eigenvalue weighted by atomic mass is 32.5. The average molecular weight is 466 g/mol. The van der Waals surface area contributed by atoms with Crippen molar-refractivity contribution in [3.63, 3.8) is 0 Å². The summed E-state index contributed by atoms with van der Waals surface area (Å²) in [5.41, 5.74) is 0. The molecule has 0 radical (unpaired) electrons. The fourth-order valence-electron chi connectivity index (χ4n) is 2.32. The van der Waals surface area contributed by atoms with Crippen molar-refractivity contribution in [3.05, 3.63) is 24.3 Å². The summed E-state index contributed by atoms with van der Waals surface area (Å²) in [5.74, 6) is 0.0573. The van der Waals surface area contributed by atoms with E-state index in [4.69, 9.17) is 16.5 Å². The van der Waals surface area contributed by atoms with E-state index in [-0.39, 0.29) is 11.3 Å². The van der Waals surface area contributed by atoms with Gasteiger partial charge in [-0.1, -0.05) is 26.2 Å². The van der Waals surface area contributed by atoms with Crippen LogP contribution < -0.4 is 9.46 Å². The number of rotatable bonds is 10. The molecule has 0 aromatic heterocycles. The number of amides is 3. The number of carbonyl (C=O) groups excluding carboxylic acids is 2. The van der Waals surface area contributed by atoms with Crippen LogP contribution in [0.5, 0.6) is 5.75 Å². The number of nitrogens with zero attached hydrogens (tertiary/aromatic N) is 2. The zero-order valence-corrected chi connectivity index (χ0v) is 19.5. The topological polar surface area (TPSA) is 116 Å². The van der Waals surface area contributed by atoms with Crippen LogP contribution in [0.2, 0.25) is 0 Å². The molecular weight excluding hydrogens is 437 g/mol. The third kappa shape index (κ3) is 6.95. The van der Waals surface area contributed by atoms with E-state index in [1.165, 1.54) is 38.4 Å². The molecule has 3 amide bonds. The van der Waals surface area contributed by atoms with E-state index in [1.807, 2.05) is 4.72 Å². The van der Waals surface area contributed by atoms with Crippen LogP contribution in [0.3, 0.4) is 0 Å². The molecule has 1 rings (SSSR count). The van der Waals surface area contributed by atoms with Crippen LogP contribution in [0.1, 0.15) is 39.0 Å². The van der Waals surface area contributed by atoms with E-state index in [0.717, 1.165) is 31.0 Å².